The maximum Gasteiger partial charge on any atom is 0.103 e. The van der Waals surface area contributed by atoms with Crippen molar-refractivity contribution in [2.45, 2.75) is 25.8 Å². The van der Waals surface area contributed by atoms with Crippen molar-refractivity contribution in [1.29, 1.82) is 0 Å². The third-order valence-electron chi connectivity index (χ3n) is 3.65. The van der Waals surface area contributed by atoms with Gasteiger partial charge in [-0.2, -0.15) is 0 Å². The Labute approximate surface area is 134 Å². The molecule has 2 aromatic carbocycles. The molecule has 0 aliphatic rings. The summed E-state index contributed by atoms with van der Waals surface area (Å²) in [6.07, 6.45) is 1.32. The monoisotopic (exact) mass is 312 g/mol. The minimum absolute atomic E-state index is 0.324. The van der Waals surface area contributed by atoms with Crippen molar-refractivity contribution >= 4 is 13.3 Å². The van der Waals surface area contributed by atoms with Crippen LogP contribution in [-0.2, 0) is 11.3 Å². The van der Waals surface area contributed by atoms with Crippen molar-refractivity contribution in [3.8, 4) is 0 Å². The Kier molecular flexibility index (Phi) is 6.13. The standard InChI is InChI=1S/C19H24O2Si/c1-22(2,19-11-7-4-8-12-19)14-13-18(20)16-21-15-17-9-5-3-6-10-17/h3-14,18,20H,15-16H2,1-2H3/b14-13+. The second-order valence-corrected chi connectivity index (χ2v) is 10.4. The first kappa shape index (κ1) is 16.7. The number of aliphatic hydroxyl groups is 1. The van der Waals surface area contributed by atoms with Gasteiger partial charge >= 0.3 is 0 Å². The highest BCUT2D eigenvalue weighted by atomic mass is 28.3. The van der Waals surface area contributed by atoms with Crippen LogP contribution in [0, 0.1) is 0 Å². The van der Waals surface area contributed by atoms with Gasteiger partial charge in [0.2, 0.25) is 0 Å². The summed E-state index contributed by atoms with van der Waals surface area (Å²) < 4.78 is 5.57. The average Bonchev–Trinajstić information content (AvgIpc) is 2.55. The molecule has 0 aliphatic carbocycles. The van der Waals surface area contributed by atoms with Crippen LogP contribution in [0.3, 0.4) is 0 Å². The van der Waals surface area contributed by atoms with E-state index in [0.717, 1.165) is 5.56 Å². The fourth-order valence-corrected chi connectivity index (χ4v) is 4.19. The zero-order valence-corrected chi connectivity index (χ0v) is 14.3. The molecule has 22 heavy (non-hydrogen) atoms. The molecule has 2 aromatic rings. The van der Waals surface area contributed by atoms with E-state index in [1.165, 1.54) is 5.19 Å². The van der Waals surface area contributed by atoms with Crippen molar-refractivity contribution in [3.05, 3.63) is 78.0 Å². The van der Waals surface area contributed by atoms with E-state index in [1.54, 1.807) is 0 Å². The third-order valence-corrected chi connectivity index (χ3v) is 6.50. The van der Waals surface area contributed by atoms with Gasteiger partial charge in [0.05, 0.1) is 19.3 Å². The molecule has 0 radical (unpaired) electrons. The Bertz CT molecular complexity index is 579. The van der Waals surface area contributed by atoms with Gasteiger partial charge in [0.25, 0.3) is 0 Å². The van der Waals surface area contributed by atoms with E-state index in [0.29, 0.717) is 13.2 Å². The van der Waals surface area contributed by atoms with Gasteiger partial charge in [-0.3, -0.25) is 0 Å². The predicted octanol–water partition coefficient (Wildman–Crippen LogP) is 3.28. The van der Waals surface area contributed by atoms with Crippen molar-refractivity contribution in [2.24, 2.45) is 0 Å². The van der Waals surface area contributed by atoms with Crippen molar-refractivity contribution < 1.29 is 9.84 Å². The first-order valence-electron chi connectivity index (χ1n) is 7.62. The van der Waals surface area contributed by atoms with Crippen LogP contribution < -0.4 is 5.19 Å². The lowest BCUT2D eigenvalue weighted by Crippen LogP contribution is -2.39. The first-order chi connectivity index (χ1) is 10.6. The highest BCUT2D eigenvalue weighted by molar-refractivity contribution is 6.93. The second-order valence-electron chi connectivity index (χ2n) is 6.01. The van der Waals surface area contributed by atoms with Gasteiger partial charge < -0.3 is 9.84 Å². The summed E-state index contributed by atoms with van der Waals surface area (Å²) in [5.41, 5.74) is 3.30. The smallest absolute Gasteiger partial charge is 0.103 e. The fourth-order valence-electron chi connectivity index (χ4n) is 2.24. The summed E-state index contributed by atoms with van der Waals surface area (Å²) in [6.45, 7) is 5.41. The lowest BCUT2D eigenvalue weighted by atomic mass is 10.2. The Hall–Kier alpha value is -1.68. The zero-order chi connectivity index (χ0) is 15.8. The highest BCUT2D eigenvalue weighted by Gasteiger charge is 2.19. The molecule has 2 rings (SSSR count). The SMILES string of the molecule is C[Si](C)(/C=C/C(O)COCc1ccccc1)c1ccccc1. The number of hydrogen-bond donors (Lipinski definition) is 1. The van der Waals surface area contributed by atoms with Crippen molar-refractivity contribution in [1.82, 2.24) is 0 Å². The molecule has 1 atom stereocenters. The topological polar surface area (TPSA) is 29.5 Å². The summed E-state index contributed by atoms with van der Waals surface area (Å²) in [5.74, 6) is 0. The van der Waals surface area contributed by atoms with Gasteiger partial charge in [0, 0.05) is 0 Å². The lowest BCUT2D eigenvalue weighted by Gasteiger charge is -2.19. The molecule has 0 saturated carbocycles. The molecular formula is C19H24O2Si. The van der Waals surface area contributed by atoms with Gasteiger partial charge in [-0.05, 0) is 5.56 Å². The van der Waals surface area contributed by atoms with Crippen LogP contribution in [0.2, 0.25) is 13.1 Å². The largest absolute Gasteiger partial charge is 0.387 e. The molecule has 1 N–H and O–H groups in total. The molecule has 0 saturated heterocycles. The maximum absolute atomic E-state index is 10.0. The van der Waals surface area contributed by atoms with Gasteiger partial charge in [0.1, 0.15) is 8.07 Å². The fraction of sp³-hybridized carbons (Fsp3) is 0.263. The Morgan fingerprint density at radius 1 is 1.00 bits per heavy atom. The third kappa shape index (κ3) is 5.26. The number of rotatable bonds is 7. The van der Waals surface area contributed by atoms with Gasteiger partial charge in [-0.25, -0.2) is 0 Å². The molecule has 0 amide bonds. The summed E-state index contributed by atoms with van der Waals surface area (Å²) in [5, 5.41) is 11.4. The Morgan fingerprint density at radius 3 is 2.23 bits per heavy atom. The van der Waals surface area contributed by atoms with Gasteiger partial charge in [0.15, 0.2) is 0 Å². The average molecular weight is 312 g/mol. The van der Waals surface area contributed by atoms with E-state index in [4.69, 9.17) is 4.74 Å². The van der Waals surface area contributed by atoms with Crippen LogP contribution in [0.15, 0.2) is 72.4 Å². The minimum Gasteiger partial charge on any atom is -0.387 e. The van der Waals surface area contributed by atoms with Crippen LogP contribution >= 0.6 is 0 Å². The predicted molar refractivity (Wildman–Crippen MR) is 94.8 cm³/mol. The van der Waals surface area contributed by atoms with Crippen molar-refractivity contribution in [3.63, 3.8) is 0 Å². The van der Waals surface area contributed by atoms with E-state index >= 15 is 0 Å². The zero-order valence-electron chi connectivity index (χ0n) is 13.3. The number of ether oxygens (including phenoxy) is 1. The van der Waals surface area contributed by atoms with E-state index in [2.05, 4.69) is 43.1 Å². The molecule has 1 unspecified atom stereocenters. The molecule has 0 aromatic heterocycles. The van der Waals surface area contributed by atoms with Crippen LogP contribution in [0.4, 0.5) is 0 Å². The molecule has 0 fully saturated rings. The number of hydrogen-bond acceptors (Lipinski definition) is 2. The van der Waals surface area contributed by atoms with Gasteiger partial charge in [-0.15, -0.1) is 0 Å². The summed E-state index contributed by atoms with van der Waals surface area (Å²) in [6, 6.07) is 20.5. The van der Waals surface area contributed by atoms with Crippen LogP contribution in [0.5, 0.6) is 0 Å². The van der Waals surface area contributed by atoms with Crippen molar-refractivity contribution in [2.75, 3.05) is 6.61 Å². The summed E-state index contributed by atoms with van der Waals surface area (Å²) in [4.78, 5) is 0. The highest BCUT2D eigenvalue weighted by Crippen LogP contribution is 2.07. The quantitative estimate of drug-likeness (QED) is 0.795. The molecule has 3 heteroatoms. The molecule has 0 bridgehead atoms. The number of aliphatic hydroxyl groups excluding tert-OH is 1. The van der Waals surface area contributed by atoms with Crippen LogP contribution in [-0.4, -0.2) is 25.9 Å². The normalized spacial score (nSPS) is 13.4. The summed E-state index contributed by atoms with van der Waals surface area (Å²) >= 11 is 0. The lowest BCUT2D eigenvalue weighted by molar-refractivity contribution is 0.0504. The maximum atomic E-state index is 10.0. The first-order valence-corrected chi connectivity index (χ1v) is 10.7. The van der Waals surface area contributed by atoms with E-state index < -0.39 is 14.2 Å². The Morgan fingerprint density at radius 2 is 1.59 bits per heavy atom. The van der Waals surface area contributed by atoms with Crippen LogP contribution in [0.25, 0.3) is 0 Å². The molecule has 0 heterocycles. The van der Waals surface area contributed by atoms with Gasteiger partial charge in [-0.1, -0.05) is 90.7 Å². The summed E-state index contributed by atoms with van der Waals surface area (Å²) in [7, 11) is -1.64. The molecule has 0 aliphatic heterocycles. The van der Waals surface area contributed by atoms with Crippen LogP contribution in [0.1, 0.15) is 5.56 Å². The minimum atomic E-state index is -1.64. The molecule has 0 spiro atoms. The molecule has 116 valence electrons. The van der Waals surface area contributed by atoms with E-state index in [-0.39, 0.29) is 0 Å². The molecule has 2 nitrogen and oxygen atoms in total. The van der Waals surface area contributed by atoms with E-state index in [9.17, 15) is 5.11 Å². The second kappa shape index (κ2) is 8.08. The molecular weight excluding hydrogens is 288 g/mol. The number of benzene rings is 2. The Balaban J connectivity index is 1.82. The van der Waals surface area contributed by atoms with E-state index in [1.807, 2.05) is 42.5 Å².